The Labute approximate surface area is 102 Å². The smallest absolute Gasteiger partial charge is 0.260 e. The van der Waals surface area contributed by atoms with Crippen LogP contribution in [0.2, 0.25) is 0 Å². The van der Waals surface area contributed by atoms with Crippen molar-refractivity contribution in [3.8, 4) is 5.75 Å². The average molecular weight is 237 g/mol. The molecule has 0 bridgehead atoms. The predicted molar refractivity (Wildman–Crippen MR) is 66.0 cm³/mol. The fourth-order valence-electron chi connectivity index (χ4n) is 1.52. The molecule has 94 valence electrons. The highest BCUT2D eigenvalue weighted by atomic mass is 16.5. The lowest BCUT2D eigenvalue weighted by molar-refractivity contribution is -0.133. The summed E-state index contributed by atoms with van der Waals surface area (Å²) in [4.78, 5) is 13.3. The second-order valence-corrected chi connectivity index (χ2v) is 3.80. The monoisotopic (exact) mass is 237 g/mol. The van der Waals surface area contributed by atoms with Crippen molar-refractivity contribution in [3.63, 3.8) is 0 Å². The van der Waals surface area contributed by atoms with Crippen molar-refractivity contribution in [1.29, 1.82) is 0 Å². The number of ether oxygens (including phenoxy) is 1. The van der Waals surface area contributed by atoms with Gasteiger partial charge < -0.3 is 14.7 Å². The molecule has 0 unspecified atom stereocenters. The SMILES string of the molecule is CCN(CCO)C(=O)COc1cccc(C)c1. The molecule has 0 aliphatic carbocycles. The van der Waals surface area contributed by atoms with Gasteiger partial charge >= 0.3 is 0 Å². The van der Waals surface area contributed by atoms with Gasteiger partial charge in [0.15, 0.2) is 6.61 Å². The summed E-state index contributed by atoms with van der Waals surface area (Å²) >= 11 is 0. The molecule has 4 heteroatoms. The maximum atomic E-state index is 11.7. The van der Waals surface area contributed by atoms with Gasteiger partial charge in [0.25, 0.3) is 5.91 Å². The summed E-state index contributed by atoms with van der Waals surface area (Å²) in [5.74, 6) is 0.585. The van der Waals surface area contributed by atoms with Gasteiger partial charge in [0.2, 0.25) is 0 Å². The lowest BCUT2D eigenvalue weighted by atomic mass is 10.2. The van der Waals surface area contributed by atoms with E-state index in [1.165, 1.54) is 0 Å². The Morgan fingerprint density at radius 2 is 2.24 bits per heavy atom. The minimum Gasteiger partial charge on any atom is -0.484 e. The quantitative estimate of drug-likeness (QED) is 0.809. The molecule has 0 aliphatic rings. The van der Waals surface area contributed by atoms with Gasteiger partial charge in [-0.25, -0.2) is 0 Å². The molecule has 1 N–H and O–H groups in total. The Hall–Kier alpha value is -1.55. The first-order chi connectivity index (χ1) is 8.17. The number of amides is 1. The molecule has 0 atom stereocenters. The van der Waals surface area contributed by atoms with Crippen molar-refractivity contribution in [1.82, 2.24) is 4.90 Å². The van der Waals surface area contributed by atoms with Crippen LogP contribution >= 0.6 is 0 Å². The lowest BCUT2D eigenvalue weighted by Gasteiger charge is -2.19. The Morgan fingerprint density at radius 1 is 1.47 bits per heavy atom. The maximum Gasteiger partial charge on any atom is 0.260 e. The van der Waals surface area contributed by atoms with E-state index >= 15 is 0 Å². The summed E-state index contributed by atoms with van der Waals surface area (Å²) in [6, 6.07) is 7.57. The number of aliphatic hydroxyl groups is 1. The zero-order valence-electron chi connectivity index (χ0n) is 10.3. The largest absolute Gasteiger partial charge is 0.484 e. The van der Waals surface area contributed by atoms with E-state index in [9.17, 15) is 4.79 Å². The van der Waals surface area contributed by atoms with Gasteiger partial charge in [0.1, 0.15) is 5.75 Å². The van der Waals surface area contributed by atoms with Crippen LogP contribution in [0.15, 0.2) is 24.3 Å². The average Bonchev–Trinajstić information content (AvgIpc) is 2.33. The van der Waals surface area contributed by atoms with Crippen molar-refractivity contribution < 1.29 is 14.6 Å². The van der Waals surface area contributed by atoms with Crippen LogP contribution in [0, 0.1) is 6.92 Å². The Kier molecular flexibility index (Phi) is 5.49. The fraction of sp³-hybridized carbons (Fsp3) is 0.462. The number of nitrogens with zero attached hydrogens (tertiary/aromatic N) is 1. The molecular formula is C13H19NO3. The maximum absolute atomic E-state index is 11.7. The van der Waals surface area contributed by atoms with Gasteiger partial charge in [-0.2, -0.15) is 0 Å². The van der Waals surface area contributed by atoms with E-state index in [-0.39, 0.29) is 19.1 Å². The minimum atomic E-state index is -0.108. The number of aryl methyl sites for hydroxylation is 1. The summed E-state index contributed by atoms with van der Waals surface area (Å²) in [6.45, 7) is 4.77. The second kappa shape index (κ2) is 6.91. The highest BCUT2D eigenvalue weighted by Gasteiger charge is 2.11. The van der Waals surface area contributed by atoms with E-state index in [1.54, 1.807) is 4.90 Å². The molecule has 1 aromatic carbocycles. The number of aliphatic hydroxyl groups excluding tert-OH is 1. The highest BCUT2D eigenvalue weighted by molar-refractivity contribution is 5.77. The van der Waals surface area contributed by atoms with Crippen LogP contribution in [0.3, 0.4) is 0 Å². The number of carbonyl (C=O) groups excluding carboxylic acids is 1. The van der Waals surface area contributed by atoms with Crippen LogP contribution in [-0.4, -0.2) is 42.2 Å². The van der Waals surface area contributed by atoms with Crippen molar-refractivity contribution >= 4 is 5.91 Å². The molecule has 0 saturated heterocycles. The molecule has 0 heterocycles. The summed E-state index contributed by atoms with van der Waals surface area (Å²) in [6.07, 6.45) is 0. The summed E-state index contributed by atoms with van der Waals surface area (Å²) in [5, 5.41) is 8.80. The summed E-state index contributed by atoms with van der Waals surface area (Å²) in [5.41, 5.74) is 1.10. The number of rotatable bonds is 6. The molecule has 1 aromatic rings. The zero-order chi connectivity index (χ0) is 12.7. The number of hydrogen-bond donors (Lipinski definition) is 1. The van der Waals surface area contributed by atoms with Crippen LogP contribution in [-0.2, 0) is 4.79 Å². The molecular weight excluding hydrogens is 218 g/mol. The van der Waals surface area contributed by atoms with Gasteiger partial charge in [-0.05, 0) is 31.5 Å². The van der Waals surface area contributed by atoms with Gasteiger partial charge in [-0.3, -0.25) is 4.79 Å². The number of likely N-dealkylation sites (N-methyl/N-ethyl adjacent to an activating group) is 1. The minimum absolute atomic E-state index is 0.0112. The third kappa shape index (κ3) is 4.44. The van der Waals surface area contributed by atoms with E-state index in [0.717, 1.165) is 5.56 Å². The molecule has 0 aliphatic heterocycles. The Bertz CT molecular complexity index is 365. The van der Waals surface area contributed by atoms with Crippen molar-refractivity contribution in [2.24, 2.45) is 0 Å². The standard InChI is InChI=1S/C13H19NO3/c1-3-14(7-8-15)13(16)10-17-12-6-4-5-11(2)9-12/h4-6,9,15H,3,7-8,10H2,1-2H3. The van der Waals surface area contributed by atoms with Crippen molar-refractivity contribution in [2.45, 2.75) is 13.8 Å². The summed E-state index contributed by atoms with van der Waals surface area (Å²) < 4.78 is 5.40. The van der Waals surface area contributed by atoms with E-state index in [1.807, 2.05) is 38.1 Å². The molecule has 0 spiro atoms. The molecule has 0 radical (unpaired) electrons. The fourth-order valence-corrected chi connectivity index (χ4v) is 1.52. The van der Waals surface area contributed by atoms with Crippen molar-refractivity contribution in [2.75, 3.05) is 26.3 Å². The Morgan fingerprint density at radius 3 is 2.82 bits per heavy atom. The summed E-state index contributed by atoms with van der Waals surface area (Å²) in [7, 11) is 0. The number of carbonyl (C=O) groups is 1. The molecule has 17 heavy (non-hydrogen) atoms. The van der Waals surface area contributed by atoms with E-state index in [4.69, 9.17) is 9.84 Å². The van der Waals surface area contributed by atoms with Crippen LogP contribution in [0.25, 0.3) is 0 Å². The van der Waals surface area contributed by atoms with Gasteiger partial charge in [-0.1, -0.05) is 12.1 Å². The van der Waals surface area contributed by atoms with Crippen LogP contribution in [0.5, 0.6) is 5.75 Å². The lowest BCUT2D eigenvalue weighted by Crippen LogP contribution is -2.36. The first-order valence-electron chi connectivity index (χ1n) is 5.75. The zero-order valence-corrected chi connectivity index (χ0v) is 10.3. The van der Waals surface area contributed by atoms with Gasteiger partial charge in [0.05, 0.1) is 6.61 Å². The van der Waals surface area contributed by atoms with E-state index in [2.05, 4.69) is 0 Å². The predicted octanol–water partition coefficient (Wildman–Crippen LogP) is 1.21. The molecule has 0 saturated carbocycles. The third-order valence-corrected chi connectivity index (χ3v) is 2.46. The normalized spacial score (nSPS) is 10.1. The first kappa shape index (κ1) is 13.5. The van der Waals surface area contributed by atoms with Crippen LogP contribution in [0.1, 0.15) is 12.5 Å². The van der Waals surface area contributed by atoms with Crippen LogP contribution < -0.4 is 4.74 Å². The molecule has 1 rings (SSSR count). The topological polar surface area (TPSA) is 49.8 Å². The van der Waals surface area contributed by atoms with Gasteiger partial charge in [-0.15, -0.1) is 0 Å². The number of hydrogen-bond acceptors (Lipinski definition) is 3. The highest BCUT2D eigenvalue weighted by Crippen LogP contribution is 2.12. The van der Waals surface area contributed by atoms with Crippen LogP contribution in [0.4, 0.5) is 0 Å². The first-order valence-corrected chi connectivity index (χ1v) is 5.75. The molecule has 1 amide bonds. The van der Waals surface area contributed by atoms with E-state index in [0.29, 0.717) is 18.8 Å². The van der Waals surface area contributed by atoms with Gasteiger partial charge in [0, 0.05) is 13.1 Å². The molecule has 0 aromatic heterocycles. The molecule has 4 nitrogen and oxygen atoms in total. The Balaban J connectivity index is 2.47. The third-order valence-electron chi connectivity index (χ3n) is 2.46. The van der Waals surface area contributed by atoms with E-state index < -0.39 is 0 Å². The molecule has 0 fully saturated rings. The second-order valence-electron chi connectivity index (χ2n) is 3.80. The van der Waals surface area contributed by atoms with Crippen molar-refractivity contribution in [3.05, 3.63) is 29.8 Å². The number of benzene rings is 1.